The average molecular weight is 467 g/mol. The van der Waals surface area contributed by atoms with Crippen LogP contribution in [0.3, 0.4) is 0 Å². The predicted molar refractivity (Wildman–Crippen MR) is 145 cm³/mol. The molecule has 0 N–H and O–H groups in total. The van der Waals surface area contributed by atoms with E-state index in [1.165, 1.54) is 73.6 Å². The first-order valence-electron chi connectivity index (χ1n) is 12.0. The maximum Gasteiger partial charge on any atom is 0.0232 e. The van der Waals surface area contributed by atoms with Gasteiger partial charge in [0.2, 0.25) is 0 Å². The Balaban J connectivity index is 1.15. The smallest absolute Gasteiger partial charge is 0.0232 e. The molecule has 0 amide bonds. The molecule has 0 aromatic heterocycles. The lowest BCUT2D eigenvalue weighted by molar-refractivity contribution is 0.723. The summed E-state index contributed by atoms with van der Waals surface area (Å²) in [4.78, 5) is 2.19. The number of rotatable bonds is 10. The fraction of sp³-hybridized carbons (Fsp3) is 0.500. The summed E-state index contributed by atoms with van der Waals surface area (Å²) in [5.74, 6) is 3.71. The maximum absolute atomic E-state index is 5.69. The zero-order valence-electron chi connectivity index (χ0n) is 18.5. The summed E-state index contributed by atoms with van der Waals surface area (Å²) in [7, 11) is 0. The molecule has 0 nitrogen and oxygen atoms in total. The zero-order chi connectivity index (χ0) is 21.5. The predicted octanol–water partition coefficient (Wildman–Crippen LogP) is 8.65. The van der Waals surface area contributed by atoms with Crippen LogP contribution < -0.4 is 0 Å². The van der Waals surface area contributed by atoms with E-state index in [1.807, 2.05) is 11.8 Å². The van der Waals surface area contributed by atoms with Crippen LogP contribution in [0, 0.1) is 0 Å². The molecule has 3 heteroatoms. The molecule has 2 aliphatic rings. The van der Waals surface area contributed by atoms with Crippen molar-refractivity contribution in [3.63, 3.8) is 0 Å². The monoisotopic (exact) mass is 466 g/mol. The van der Waals surface area contributed by atoms with Crippen molar-refractivity contribution in [2.24, 2.45) is 0 Å². The molecule has 0 bridgehead atoms. The van der Waals surface area contributed by atoms with Crippen molar-refractivity contribution >= 4 is 45.9 Å². The Morgan fingerprint density at radius 2 is 0.968 bits per heavy atom. The first-order valence-corrected chi connectivity index (χ1v) is 14.0. The maximum atomic E-state index is 5.69. The van der Waals surface area contributed by atoms with Gasteiger partial charge >= 0.3 is 0 Å². The molecule has 2 aliphatic carbocycles. The standard InChI is InChI=1S/C28H34S3/c29-27(25-13-9-23(10-14-25)21-5-1-2-6-21)17-19-31-20-18-28(30)26-15-11-24(12-16-26)22-7-3-4-8-22/h9-16,21-22H,1-8,17-20H2. The highest BCUT2D eigenvalue weighted by Crippen LogP contribution is 2.35. The van der Waals surface area contributed by atoms with E-state index in [9.17, 15) is 0 Å². The minimum atomic E-state index is 0.779. The normalized spacial score (nSPS) is 17.3. The van der Waals surface area contributed by atoms with E-state index in [0.29, 0.717) is 0 Å². The Hall–Kier alpha value is -1.03. The third-order valence-electron chi connectivity index (χ3n) is 7.07. The zero-order valence-corrected chi connectivity index (χ0v) is 20.9. The van der Waals surface area contributed by atoms with Crippen LogP contribution in [0.15, 0.2) is 48.5 Å². The highest BCUT2D eigenvalue weighted by atomic mass is 32.2. The van der Waals surface area contributed by atoms with Gasteiger partial charge in [-0.15, -0.1) is 0 Å². The van der Waals surface area contributed by atoms with Gasteiger partial charge in [-0.05, 0) is 84.1 Å². The van der Waals surface area contributed by atoms with Gasteiger partial charge in [-0.1, -0.05) is 98.6 Å². The SMILES string of the molecule is S=C(CCSCCC(=S)c1ccc(C2CCCC2)cc1)c1ccc(C2CCCC2)cc1. The van der Waals surface area contributed by atoms with Gasteiger partial charge in [-0.25, -0.2) is 0 Å². The minimum Gasteiger partial charge on any atom is -0.161 e. The van der Waals surface area contributed by atoms with Gasteiger partial charge in [0, 0.05) is 9.73 Å². The summed E-state index contributed by atoms with van der Waals surface area (Å²) in [6.45, 7) is 0. The minimum absolute atomic E-state index is 0.779. The van der Waals surface area contributed by atoms with Crippen molar-refractivity contribution in [2.45, 2.75) is 76.0 Å². The molecule has 31 heavy (non-hydrogen) atoms. The highest BCUT2D eigenvalue weighted by molar-refractivity contribution is 7.99. The molecule has 0 unspecified atom stereocenters. The van der Waals surface area contributed by atoms with E-state index < -0.39 is 0 Å². The molecule has 2 aromatic carbocycles. The van der Waals surface area contributed by atoms with Crippen LogP contribution in [-0.4, -0.2) is 21.2 Å². The second kappa shape index (κ2) is 11.7. The van der Waals surface area contributed by atoms with Gasteiger partial charge in [0.1, 0.15) is 0 Å². The topological polar surface area (TPSA) is 0 Å². The quantitative estimate of drug-likeness (QED) is 0.195. The van der Waals surface area contributed by atoms with E-state index >= 15 is 0 Å². The number of thiocarbonyl (C=S) groups is 2. The van der Waals surface area contributed by atoms with Crippen molar-refractivity contribution in [3.8, 4) is 0 Å². The van der Waals surface area contributed by atoms with Crippen molar-refractivity contribution in [2.75, 3.05) is 11.5 Å². The lowest BCUT2D eigenvalue weighted by Gasteiger charge is -2.11. The van der Waals surface area contributed by atoms with Crippen LogP contribution in [0.1, 0.15) is 98.3 Å². The summed E-state index contributed by atoms with van der Waals surface area (Å²) in [5.41, 5.74) is 5.47. The molecule has 0 heterocycles. The summed E-state index contributed by atoms with van der Waals surface area (Å²) in [6, 6.07) is 18.2. The van der Waals surface area contributed by atoms with Crippen LogP contribution >= 0.6 is 36.2 Å². The molecule has 0 radical (unpaired) electrons. The Bertz CT molecular complexity index is 781. The average Bonchev–Trinajstić information content (AvgIpc) is 3.53. The second-order valence-corrected chi connectivity index (χ2v) is 11.4. The van der Waals surface area contributed by atoms with E-state index in [-0.39, 0.29) is 0 Å². The molecular weight excluding hydrogens is 433 g/mol. The van der Waals surface area contributed by atoms with Gasteiger partial charge in [0.05, 0.1) is 0 Å². The van der Waals surface area contributed by atoms with E-state index in [4.69, 9.17) is 24.4 Å². The Labute approximate surface area is 203 Å². The number of hydrogen-bond donors (Lipinski definition) is 0. The number of hydrogen-bond acceptors (Lipinski definition) is 3. The second-order valence-electron chi connectivity index (χ2n) is 9.17. The number of benzene rings is 2. The fourth-order valence-electron chi connectivity index (χ4n) is 5.12. The highest BCUT2D eigenvalue weighted by Gasteiger charge is 2.18. The first-order chi connectivity index (χ1) is 15.2. The lowest BCUT2D eigenvalue weighted by atomic mass is 9.96. The summed E-state index contributed by atoms with van der Waals surface area (Å²) in [5, 5.41) is 0. The summed E-state index contributed by atoms with van der Waals surface area (Å²) >= 11 is 13.4. The summed E-state index contributed by atoms with van der Waals surface area (Å²) < 4.78 is 0. The van der Waals surface area contributed by atoms with Crippen molar-refractivity contribution in [1.82, 2.24) is 0 Å². The van der Waals surface area contributed by atoms with Crippen LogP contribution in [-0.2, 0) is 0 Å². The number of thioether (sulfide) groups is 1. The Morgan fingerprint density at radius 1 is 0.613 bits per heavy atom. The van der Waals surface area contributed by atoms with Crippen molar-refractivity contribution in [3.05, 3.63) is 70.8 Å². The summed E-state index contributed by atoms with van der Waals surface area (Å²) in [6.07, 6.45) is 12.9. The molecule has 0 spiro atoms. The molecule has 0 atom stereocenters. The molecule has 0 aliphatic heterocycles. The Morgan fingerprint density at radius 3 is 1.32 bits per heavy atom. The van der Waals surface area contributed by atoms with Crippen molar-refractivity contribution in [1.29, 1.82) is 0 Å². The van der Waals surface area contributed by atoms with Crippen LogP contribution in [0.4, 0.5) is 0 Å². The van der Waals surface area contributed by atoms with Gasteiger partial charge in [0.15, 0.2) is 0 Å². The van der Waals surface area contributed by atoms with Crippen LogP contribution in [0.2, 0.25) is 0 Å². The van der Waals surface area contributed by atoms with Crippen molar-refractivity contribution < 1.29 is 0 Å². The molecule has 2 saturated carbocycles. The first kappa shape index (κ1) is 23.1. The largest absolute Gasteiger partial charge is 0.161 e. The molecule has 4 rings (SSSR count). The fourth-order valence-corrected chi connectivity index (χ4v) is 6.76. The van der Waals surface area contributed by atoms with E-state index in [0.717, 1.165) is 45.9 Å². The third-order valence-corrected chi connectivity index (χ3v) is 8.93. The van der Waals surface area contributed by atoms with Crippen LogP contribution in [0.5, 0.6) is 0 Å². The van der Waals surface area contributed by atoms with Crippen LogP contribution in [0.25, 0.3) is 0 Å². The van der Waals surface area contributed by atoms with Gasteiger partial charge in [0.25, 0.3) is 0 Å². The van der Waals surface area contributed by atoms with Gasteiger partial charge in [-0.2, -0.15) is 11.8 Å². The molecular formula is C28H34S3. The lowest BCUT2D eigenvalue weighted by Crippen LogP contribution is -2.03. The molecule has 2 fully saturated rings. The Kier molecular flexibility index (Phi) is 8.75. The van der Waals surface area contributed by atoms with Gasteiger partial charge in [-0.3, -0.25) is 0 Å². The molecule has 0 saturated heterocycles. The molecule has 2 aromatic rings. The molecule has 164 valence electrons. The van der Waals surface area contributed by atoms with E-state index in [2.05, 4.69) is 48.5 Å². The van der Waals surface area contributed by atoms with E-state index in [1.54, 1.807) is 0 Å². The van der Waals surface area contributed by atoms with Gasteiger partial charge < -0.3 is 0 Å². The third kappa shape index (κ3) is 6.49.